The number of hydrogen-bond acceptors (Lipinski definition) is 4. The van der Waals surface area contributed by atoms with Crippen LogP contribution in [0.5, 0.6) is 0 Å². The van der Waals surface area contributed by atoms with E-state index < -0.39 is 4.92 Å². The smallest absolute Gasteiger partial charge is 0.307 e. The number of hydrogen-bond donors (Lipinski definition) is 1. The van der Waals surface area contributed by atoms with Crippen molar-refractivity contribution in [3.8, 4) is 12.3 Å². The normalized spacial score (nSPS) is 9.23. The van der Waals surface area contributed by atoms with Gasteiger partial charge in [0.05, 0.1) is 10.5 Å². The Morgan fingerprint density at radius 3 is 2.85 bits per heavy atom. The van der Waals surface area contributed by atoms with Gasteiger partial charge in [0.25, 0.3) is 0 Å². The van der Waals surface area contributed by atoms with E-state index in [0.717, 1.165) is 6.20 Å². The topological polar surface area (TPSA) is 82.0 Å². The molecule has 1 heterocycles. The zero-order valence-electron chi connectivity index (χ0n) is 6.32. The molecule has 0 bridgehead atoms. The first-order valence-corrected chi connectivity index (χ1v) is 3.50. The Bertz CT molecular complexity index is 411. The van der Waals surface area contributed by atoms with Crippen LogP contribution >= 0.6 is 11.6 Å². The zero-order valence-corrected chi connectivity index (χ0v) is 7.08. The first-order valence-electron chi connectivity index (χ1n) is 3.13. The van der Waals surface area contributed by atoms with Crippen molar-refractivity contribution in [2.24, 2.45) is 0 Å². The number of aromatic nitrogens is 1. The molecule has 0 saturated heterocycles. The number of nitrogens with two attached hydrogens (primary N) is 1. The number of terminal acetylenes is 1. The molecule has 1 aromatic heterocycles. The van der Waals surface area contributed by atoms with Gasteiger partial charge in [0, 0.05) is 0 Å². The van der Waals surface area contributed by atoms with Gasteiger partial charge in [-0.15, -0.1) is 6.42 Å². The summed E-state index contributed by atoms with van der Waals surface area (Å²) in [5, 5.41) is 10.2. The number of halogens is 1. The lowest BCUT2D eigenvalue weighted by Crippen LogP contribution is -1.99. The van der Waals surface area contributed by atoms with Gasteiger partial charge in [-0.1, -0.05) is 17.5 Å². The third kappa shape index (κ3) is 1.53. The summed E-state index contributed by atoms with van der Waals surface area (Å²) in [5.41, 5.74) is 5.05. The highest BCUT2D eigenvalue weighted by Gasteiger charge is 2.17. The van der Waals surface area contributed by atoms with Crippen LogP contribution in [0.2, 0.25) is 5.02 Å². The van der Waals surface area contributed by atoms with Crippen molar-refractivity contribution in [1.29, 1.82) is 0 Å². The number of pyridine rings is 1. The first kappa shape index (κ1) is 9.29. The lowest BCUT2D eigenvalue weighted by molar-refractivity contribution is -0.385. The Balaban J connectivity index is 3.47. The molecule has 6 heteroatoms. The third-order valence-corrected chi connectivity index (χ3v) is 1.75. The Morgan fingerprint density at radius 2 is 2.38 bits per heavy atom. The molecule has 0 unspecified atom stereocenters. The molecule has 0 spiro atoms. The van der Waals surface area contributed by atoms with Gasteiger partial charge in [-0.3, -0.25) is 10.1 Å². The van der Waals surface area contributed by atoms with Gasteiger partial charge in [-0.05, 0) is 0 Å². The molecule has 0 radical (unpaired) electrons. The lowest BCUT2D eigenvalue weighted by Gasteiger charge is -1.99. The van der Waals surface area contributed by atoms with Gasteiger partial charge in [0.1, 0.15) is 17.0 Å². The molecule has 1 aromatic rings. The van der Waals surface area contributed by atoms with Crippen LogP contribution in [-0.4, -0.2) is 9.91 Å². The molecular weight excluding hydrogens is 194 g/mol. The SMILES string of the molecule is C#Cc1c(N)ncc([N+](=O)[O-])c1Cl. The maximum absolute atomic E-state index is 10.4. The molecule has 5 nitrogen and oxygen atoms in total. The van der Waals surface area contributed by atoms with Crippen LogP contribution in [0.1, 0.15) is 5.56 Å². The molecular formula is C7H4ClN3O2. The highest BCUT2D eigenvalue weighted by molar-refractivity contribution is 6.34. The van der Waals surface area contributed by atoms with Gasteiger partial charge < -0.3 is 5.73 Å². The number of rotatable bonds is 1. The number of nitro groups is 1. The highest BCUT2D eigenvalue weighted by atomic mass is 35.5. The van der Waals surface area contributed by atoms with E-state index in [1.165, 1.54) is 0 Å². The first-order chi connectivity index (χ1) is 6.07. The summed E-state index contributed by atoms with van der Waals surface area (Å²) in [4.78, 5) is 13.2. The number of nitrogen functional groups attached to an aromatic ring is 1. The average molecular weight is 198 g/mol. The summed E-state index contributed by atoms with van der Waals surface area (Å²) in [7, 11) is 0. The fourth-order valence-corrected chi connectivity index (χ4v) is 1.03. The Morgan fingerprint density at radius 1 is 1.77 bits per heavy atom. The van der Waals surface area contributed by atoms with Crippen LogP contribution in [0.15, 0.2) is 6.20 Å². The second kappa shape index (κ2) is 3.29. The molecule has 1 rings (SSSR count). The van der Waals surface area contributed by atoms with E-state index in [4.69, 9.17) is 23.8 Å². The fraction of sp³-hybridized carbons (Fsp3) is 0. The predicted molar refractivity (Wildman–Crippen MR) is 48.2 cm³/mol. The van der Waals surface area contributed by atoms with Crippen molar-refractivity contribution in [2.75, 3.05) is 5.73 Å². The van der Waals surface area contributed by atoms with Gasteiger partial charge in [0.15, 0.2) is 0 Å². The van der Waals surface area contributed by atoms with E-state index in [1.54, 1.807) is 0 Å². The van der Waals surface area contributed by atoms with Crippen LogP contribution < -0.4 is 5.73 Å². The van der Waals surface area contributed by atoms with Crippen molar-refractivity contribution in [2.45, 2.75) is 0 Å². The fourth-order valence-electron chi connectivity index (χ4n) is 0.757. The zero-order chi connectivity index (χ0) is 10.0. The Labute approximate surface area is 78.7 Å². The van der Waals surface area contributed by atoms with E-state index in [-0.39, 0.29) is 22.1 Å². The van der Waals surface area contributed by atoms with E-state index >= 15 is 0 Å². The van der Waals surface area contributed by atoms with Gasteiger partial charge in [-0.25, -0.2) is 4.98 Å². The molecule has 0 aliphatic rings. The molecule has 2 N–H and O–H groups in total. The standard InChI is InChI=1S/C7H4ClN3O2/c1-2-4-6(8)5(11(12)13)3-10-7(4)9/h1,3H,(H2,9,10). The van der Waals surface area contributed by atoms with Crippen molar-refractivity contribution in [1.82, 2.24) is 4.98 Å². The van der Waals surface area contributed by atoms with E-state index in [0.29, 0.717) is 0 Å². The second-order valence-electron chi connectivity index (χ2n) is 2.12. The molecule has 0 atom stereocenters. The number of anilines is 1. The minimum absolute atomic E-state index is 0.0121. The summed E-state index contributed by atoms with van der Waals surface area (Å²) < 4.78 is 0. The van der Waals surface area contributed by atoms with Crippen LogP contribution in [-0.2, 0) is 0 Å². The van der Waals surface area contributed by atoms with Crippen LogP contribution in [0.3, 0.4) is 0 Å². The second-order valence-corrected chi connectivity index (χ2v) is 2.50. The molecule has 0 amide bonds. The Hall–Kier alpha value is -1.80. The summed E-state index contributed by atoms with van der Waals surface area (Å²) in [6.07, 6.45) is 6.01. The minimum atomic E-state index is -0.671. The summed E-state index contributed by atoms with van der Waals surface area (Å²) >= 11 is 5.61. The lowest BCUT2D eigenvalue weighted by atomic mass is 10.2. The minimum Gasteiger partial charge on any atom is -0.383 e. The monoisotopic (exact) mass is 197 g/mol. The molecule has 0 aliphatic carbocycles. The molecule has 66 valence electrons. The summed E-state index contributed by atoms with van der Waals surface area (Å²) in [6, 6.07) is 0. The molecule has 13 heavy (non-hydrogen) atoms. The van der Waals surface area contributed by atoms with Crippen LogP contribution in [0.4, 0.5) is 11.5 Å². The van der Waals surface area contributed by atoms with Crippen LogP contribution in [0.25, 0.3) is 0 Å². The molecule has 0 aromatic carbocycles. The molecule has 0 fully saturated rings. The predicted octanol–water partition coefficient (Wildman–Crippen LogP) is 1.21. The maximum Gasteiger partial charge on any atom is 0.307 e. The molecule has 0 saturated carbocycles. The van der Waals surface area contributed by atoms with E-state index in [2.05, 4.69) is 10.9 Å². The van der Waals surface area contributed by atoms with Gasteiger partial charge in [0.2, 0.25) is 0 Å². The van der Waals surface area contributed by atoms with Crippen molar-refractivity contribution in [3.63, 3.8) is 0 Å². The van der Waals surface area contributed by atoms with Crippen molar-refractivity contribution >= 4 is 23.1 Å². The van der Waals surface area contributed by atoms with Gasteiger partial charge >= 0.3 is 5.69 Å². The largest absolute Gasteiger partial charge is 0.383 e. The Kier molecular flexibility index (Phi) is 2.35. The summed E-state index contributed by atoms with van der Waals surface area (Å²) in [6.45, 7) is 0. The maximum atomic E-state index is 10.4. The van der Waals surface area contributed by atoms with Crippen molar-refractivity contribution < 1.29 is 4.92 Å². The molecule has 0 aliphatic heterocycles. The van der Waals surface area contributed by atoms with Gasteiger partial charge in [-0.2, -0.15) is 0 Å². The number of nitrogens with zero attached hydrogens (tertiary/aromatic N) is 2. The van der Waals surface area contributed by atoms with Crippen molar-refractivity contribution in [3.05, 3.63) is 26.9 Å². The summed E-state index contributed by atoms with van der Waals surface area (Å²) in [5.74, 6) is 2.15. The third-order valence-electron chi connectivity index (χ3n) is 1.37. The van der Waals surface area contributed by atoms with Crippen LogP contribution in [0, 0.1) is 22.5 Å². The van der Waals surface area contributed by atoms with E-state index in [1.807, 2.05) is 0 Å². The highest BCUT2D eigenvalue weighted by Crippen LogP contribution is 2.29. The quantitative estimate of drug-likeness (QED) is 0.417. The van der Waals surface area contributed by atoms with E-state index in [9.17, 15) is 10.1 Å². The average Bonchev–Trinajstić information content (AvgIpc) is 2.04.